The number of ketones is 1. The molecule has 184 valence electrons. The molecule has 0 aliphatic heterocycles. The van der Waals surface area contributed by atoms with Crippen LogP contribution < -0.4 is 20.3 Å². The highest BCUT2D eigenvalue weighted by Crippen LogP contribution is 2.42. The number of carbonyl (C=O) groups is 2. The predicted molar refractivity (Wildman–Crippen MR) is 130 cm³/mol. The highest BCUT2D eigenvalue weighted by atomic mass is 16.5. The Morgan fingerprint density at radius 3 is 2.50 bits per heavy atom. The largest absolute Gasteiger partial charge is 0.493 e. The SMILES string of the molecule is COc1ccc2c3c(n(CC(=O)NCc4nc(C(C)C)no4)c(=O)c2c1OC)-c1ccccc1C3=O. The molecule has 0 radical (unpaired) electrons. The van der Waals surface area contributed by atoms with Gasteiger partial charge in [-0.3, -0.25) is 19.0 Å². The van der Waals surface area contributed by atoms with Gasteiger partial charge < -0.3 is 19.3 Å². The number of pyridine rings is 1. The number of hydrogen-bond donors (Lipinski definition) is 1. The predicted octanol–water partition coefficient (Wildman–Crippen LogP) is 3.05. The number of nitrogens with one attached hydrogen (secondary N) is 1. The maximum absolute atomic E-state index is 13.8. The van der Waals surface area contributed by atoms with Crippen molar-refractivity contribution in [3.05, 3.63) is 69.6 Å². The van der Waals surface area contributed by atoms with Crippen molar-refractivity contribution >= 4 is 22.5 Å². The number of ether oxygens (including phenoxy) is 2. The molecule has 2 aromatic carbocycles. The van der Waals surface area contributed by atoms with Crippen LogP contribution in [0.15, 0.2) is 45.7 Å². The molecule has 4 aromatic rings. The standard InChI is InChI=1S/C26H24N4O6/c1-13(2)25-28-19(36-29-25)11-27-18(31)12-30-22-14-7-5-6-8-15(14)23(32)20(22)16-9-10-17(34-3)24(35-4)21(16)26(30)33/h5-10,13H,11-12H2,1-4H3,(H,27,31). The summed E-state index contributed by atoms with van der Waals surface area (Å²) in [6.07, 6.45) is 0. The molecule has 1 amide bonds. The van der Waals surface area contributed by atoms with Crippen molar-refractivity contribution in [1.29, 1.82) is 0 Å². The Hall–Kier alpha value is -4.47. The lowest BCUT2D eigenvalue weighted by atomic mass is 10.0. The molecule has 2 heterocycles. The van der Waals surface area contributed by atoms with Gasteiger partial charge >= 0.3 is 0 Å². The quantitative estimate of drug-likeness (QED) is 0.371. The molecule has 10 heteroatoms. The molecule has 0 saturated carbocycles. The normalized spacial score (nSPS) is 12.1. The average Bonchev–Trinajstić information content (AvgIpc) is 3.48. The molecule has 5 rings (SSSR count). The second-order valence-corrected chi connectivity index (χ2v) is 8.69. The van der Waals surface area contributed by atoms with E-state index in [0.717, 1.165) is 0 Å². The zero-order valence-corrected chi connectivity index (χ0v) is 20.2. The van der Waals surface area contributed by atoms with Crippen LogP contribution in [0.25, 0.3) is 22.0 Å². The van der Waals surface area contributed by atoms with Crippen molar-refractivity contribution in [2.24, 2.45) is 0 Å². The Kier molecular flexibility index (Phi) is 5.79. The van der Waals surface area contributed by atoms with E-state index in [4.69, 9.17) is 14.0 Å². The van der Waals surface area contributed by atoms with Gasteiger partial charge in [0.05, 0.1) is 37.4 Å². The van der Waals surface area contributed by atoms with E-state index < -0.39 is 11.5 Å². The van der Waals surface area contributed by atoms with E-state index in [0.29, 0.717) is 39.3 Å². The second kappa shape index (κ2) is 8.95. The molecule has 0 atom stereocenters. The van der Waals surface area contributed by atoms with Crippen LogP contribution in [-0.2, 0) is 17.9 Å². The van der Waals surface area contributed by atoms with Gasteiger partial charge in [0.1, 0.15) is 6.54 Å². The van der Waals surface area contributed by atoms with Crippen molar-refractivity contribution in [3.8, 4) is 22.8 Å². The smallest absolute Gasteiger partial charge is 0.263 e. The number of fused-ring (bicyclic) bond motifs is 5. The molecular formula is C26H24N4O6. The summed E-state index contributed by atoms with van der Waals surface area (Å²) in [5.41, 5.74) is 1.33. The van der Waals surface area contributed by atoms with Crippen molar-refractivity contribution in [2.45, 2.75) is 32.9 Å². The van der Waals surface area contributed by atoms with E-state index in [2.05, 4.69) is 15.5 Å². The fourth-order valence-electron chi connectivity index (χ4n) is 4.48. The highest BCUT2D eigenvalue weighted by molar-refractivity contribution is 6.27. The Morgan fingerprint density at radius 2 is 1.83 bits per heavy atom. The van der Waals surface area contributed by atoms with E-state index in [1.807, 2.05) is 13.8 Å². The number of methoxy groups -OCH3 is 2. The first-order chi connectivity index (χ1) is 17.3. The van der Waals surface area contributed by atoms with Crippen LogP contribution in [-0.4, -0.2) is 40.6 Å². The number of nitrogens with zero attached hydrogens (tertiary/aromatic N) is 3. The van der Waals surface area contributed by atoms with E-state index in [9.17, 15) is 14.4 Å². The molecule has 10 nitrogen and oxygen atoms in total. The Balaban J connectivity index is 1.62. The van der Waals surface area contributed by atoms with Crippen LogP contribution >= 0.6 is 0 Å². The summed E-state index contributed by atoms with van der Waals surface area (Å²) in [7, 11) is 2.89. The zero-order chi connectivity index (χ0) is 25.6. The highest BCUT2D eigenvalue weighted by Gasteiger charge is 2.34. The molecule has 0 unspecified atom stereocenters. The third kappa shape index (κ3) is 3.62. The zero-order valence-electron chi connectivity index (χ0n) is 20.2. The molecule has 0 fully saturated rings. The van der Waals surface area contributed by atoms with E-state index in [1.54, 1.807) is 36.4 Å². The molecule has 0 spiro atoms. The number of hydrogen-bond acceptors (Lipinski definition) is 8. The van der Waals surface area contributed by atoms with Crippen LogP contribution in [0.3, 0.4) is 0 Å². The lowest BCUT2D eigenvalue weighted by Crippen LogP contribution is -2.33. The third-order valence-corrected chi connectivity index (χ3v) is 6.17. The third-order valence-electron chi connectivity index (χ3n) is 6.17. The molecule has 36 heavy (non-hydrogen) atoms. The van der Waals surface area contributed by atoms with Crippen molar-refractivity contribution in [1.82, 2.24) is 20.0 Å². The molecule has 0 bridgehead atoms. The fraction of sp³-hybridized carbons (Fsp3) is 0.269. The fourth-order valence-corrected chi connectivity index (χ4v) is 4.48. The summed E-state index contributed by atoms with van der Waals surface area (Å²) in [5.74, 6) is 0.752. The van der Waals surface area contributed by atoms with Gasteiger partial charge in [-0.05, 0) is 12.1 Å². The van der Waals surface area contributed by atoms with Crippen LogP contribution in [0.4, 0.5) is 0 Å². The Labute approximate surface area is 205 Å². The van der Waals surface area contributed by atoms with E-state index in [1.165, 1.54) is 18.8 Å². The van der Waals surface area contributed by atoms with Crippen LogP contribution in [0, 0.1) is 0 Å². The van der Waals surface area contributed by atoms with Gasteiger partial charge in [0.15, 0.2) is 23.1 Å². The minimum atomic E-state index is -0.473. The summed E-state index contributed by atoms with van der Waals surface area (Å²) in [4.78, 5) is 44.5. The van der Waals surface area contributed by atoms with Crippen LogP contribution in [0.1, 0.15) is 47.4 Å². The Bertz CT molecular complexity index is 1580. The van der Waals surface area contributed by atoms with E-state index >= 15 is 0 Å². The van der Waals surface area contributed by atoms with Gasteiger partial charge in [0.2, 0.25) is 11.8 Å². The summed E-state index contributed by atoms with van der Waals surface area (Å²) >= 11 is 0. The molecule has 1 aliphatic carbocycles. The molecule has 1 N–H and O–H groups in total. The van der Waals surface area contributed by atoms with Crippen molar-refractivity contribution < 1.29 is 23.6 Å². The molecule has 2 aromatic heterocycles. The topological polar surface area (TPSA) is 126 Å². The number of carbonyl (C=O) groups excluding carboxylic acids is 2. The first-order valence-electron chi connectivity index (χ1n) is 11.4. The summed E-state index contributed by atoms with van der Waals surface area (Å²) in [6.45, 7) is 3.55. The minimum Gasteiger partial charge on any atom is -0.493 e. The van der Waals surface area contributed by atoms with E-state index in [-0.39, 0.29) is 41.8 Å². The lowest BCUT2D eigenvalue weighted by molar-refractivity contribution is -0.122. The van der Waals surface area contributed by atoms with Gasteiger partial charge in [-0.2, -0.15) is 4.98 Å². The van der Waals surface area contributed by atoms with Gasteiger partial charge in [-0.25, -0.2) is 0 Å². The van der Waals surface area contributed by atoms with Crippen molar-refractivity contribution in [3.63, 3.8) is 0 Å². The maximum atomic E-state index is 13.8. The van der Waals surface area contributed by atoms with Gasteiger partial charge in [-0.15, -0.1) is 0 Å². The minimum absolute atomic E-state index is 0.00966. The second-order valence-electron chi connectivity index (χ2n) is 8.69. The number of amides is 1. The maximum Gasteiger partial charge on any atom is 0.263 e. The van der Waals surface area contributed by atoms with Gasteiger partial charge in [0, 0.05) is 22.4 Å². The molecule has 1 aliphatic rings. The molecular weight excluding hydrogens is 464 g/mol. The van der Waals surface area contributed by atoms with Gasteiger partial charge in [-0.1, -0.05) is 43.3 Å². The van der Waals surface area contributed by atoms with Crippen molar-refractivity contribution in [2.75, 3.05) is 14.2 Å². The van der Waals surface area contributed by atoms with Gasteiger partial charge in [0.25, 0.3) is 5.56 Å². The van der Waals surface area contributed by atoms with Crippen LogP contribution in [0.5, 0.6) is 11.5 Å². The number of aromatic nitrogens is 3. The molecule has 0 saturated heterocycles. The first kappa shape index (κ1) is 23.3. The Morgan fingerprint density at radius 1 is 1.08 bits per heavy atom. The summed E-state index contributed by atoms with van der Waals surface area (Å²) in [6, 6.07) is 10.4. The first-order valence-corrected chi connectivity index (χ1v) is 11.4. The monoisotopic (exact) mass is 488 g/mol. The number of rotatable bonds is 7. The average molecular weight is 489 g/mol. The number of benzene rings is 2. The van der Waals surface area contributed by atoms with Crippen LogP contribution in [0.2, 0.25) is 0 Å². The summed E-state index contributed by atoms with van der Waals surface area (Å²) in [5, 5.41) is 7.21. The lowest BCUT2D eigenvalue weighted by Gasteiger charge is -2.17. The summed E-state index contributed by atoms with van der Waals surface area (Å²) < 4.78 is 17.4.